The van der Waals surface area contributed by atoms with Gasteiger partial charge in [-0.05, 0) is 0 Å². The molecule has 0 atom stereocenters. The van der Waals surface area contributed by atoms with E-state index in [-0.39, 0.29) is 12.4 Å². The summed E-state index contributed by atoms with van der Waals surface area (Å²) < 4.78 is 0. The lowest BCUT2D eigenvalue weighted by atomic mass is 10.1. The van der Waals surface area contributed by atoms with Gasteiger partial charge in [0.05, 0.1) is 5.69 Å². The van der Waals surface area contributed by atoms with Crippen molar-refractivity contribution >= 4 is 18.6 Å². The fourth-order valence-corrected chi connectivity index (χ4v) is 1.02. The smallest absolute Gasteiger partial charge is 0.115 e. The van der Waals surface area contributed by atoms with Crippen molar-refractivity contribution in [3.05, 3.63) is 23.8 Å². The van der Waals surface area contributed by atoms with E-state index in [1.807, 2.05) is 6.21 Å². The minimum absolute atomic E-state index is 0. The third-order valence-electron chi connectivity index (χ3n) is 1.54. The lowest BCUT2D eigenvalue weighted by Gasteiger charge is -2.05. The minimum Gasteiger partial charge on any atom is -0.292 e. The lowest BCUT2D eigenvalue weighted by Crippen LogP contribution is -2.05. The van der Waals surface area contributed by atoms with Crippen LogP contribution in [0.15, 0.2) is 17.5 Å². The highest BCUT2D eigenvalue weighted by atomic mass is 35.5. The number of fused-ring (bicyclic) bond motifs is 1. The Balaban J connectivity index is 0.000000605. The molecule has 0 fully saturated rings. The first-order valence-corrected chi connectivity index (χ1v) is 3.25. The van der Waals surface area contributed by atoms with Crippen LogP contribution >= 0.6 is 12.4 Å². The summed E-state index contributed by atoms with van der Waals surface area (Å²) in [6.45, 7) is 0.865. The summed E-state index contributed by atoms with van der Waals surface area (Å²) in [4.78, 5) is 12.1. The Bertz CT molecular complexity index is 272. The third kappa shape index (κ3) is 1.54. The Kier molecular flexibility index (Phi) is 2.54. The molecule has 0 N–H and O–H groups in total. The monoisotopic (exact) mass is 169 g/mol. The molecule has 1 aliphatic heterocycles. The van der Waals surface area contributed by atoms with Crippen LogP contribution in [0.5, 0.6) is 0 Å². The van der Waals surface area contributed by atoms with Gasteiger partial charge in [0.2, 0.25) is 0 Å². The van der Waals surface area contributed by atoms with E-state index in [1.54, 1.807) is 12.5 Å². The van der Waals surface area contributed by atoms with E-state index in [0.29, 0.717) is 0 Å². The number of rotatable bonds is 0. The first kappa shape index (κ1) is 8.14. The van der Waals surface area contributed by atoms with Gasteiger partial charge in [0.25, 0.3) is 0 Å². The molecule has 0 aromatic carbocycles. The largest absolute Gasteiger partial charge is 0.292 e. The van der Waals surface area contributed by atoms with Gasteiger partial charge in [-0.25, -0.2) is 9.97 Å². The second-order valence-corrected chi connectivity index (χ2v) is 2.21. The van der Waals surface area contributed by atoms with Gasteiger partial charge in [0, 0.05) is 30.9 Å². The normalized spacial score (nSPS) is 13.5. The van der Waals surface area contributed by atoms with Crippen LogP contribution in [-0.4, -0.2) is 22.7 Å². The van der Waals surface area contributed by atoms with Crippen LogP contribution in [-0.2, 0) is 6.42 Å². The third-order valence-corrected chi connectivity index (χ3v) is 1.54. The van der Waals surface area contributed by atoms with Crippen molar-refractivity contribution in [2.24, 2.45) is 4.99 Å². The van der Waals surface area contributed by atoms with Crippen LogP contribution in [0.3, 0.4) is 0 Å². The van der Waals surface area contributed by atoms with Gasteiger partial charge in [-0.1, -0.05) is 0 Å². The predicted molar refractivity (Wildman–Crippen MR) is 45.4 cm³/mol. The SMILES string of the molecule is C1=NCCc2ncncc21.Cl. The molecule has 0 spiro atoms. The second-order valence-electron chi connectivity index (χ2n) is 2.21. The Morgan fingerprint density at radius 2 is 2.27 bits per heavy atom. The van der Waals surface area contributed by atoms with Gasteiger partial charge in [0.1, 0.15) is 6.33 Å². The van der Waals surface area contributed by atoms with E-state index >= 15 is 0 Å². The molecule has 0 saturated carbocycles. The number of nitrogens with zero attached hydrogens (tertiary/aromatic N) is 3. The van der Waals surface area contributed by atoms with Crippen LogP contribution in [0.4, 0.5) is 0 Å². The van der Waals surface area contributed by atoms with E-state index in [4.69, 9.17) is 0 Å². The van der Waals surface area contributed by atoms with Gasteiger partial charge in [-0.2, -0.15) is 0 Å². The molecule has 0 aliphatic carbocycles. The molecule has 1 aromatic rings. The average molecular weight is 170 g/mol. The Hall–Kier alpha value is -0.960. The maximum absolute atomic E-state index is 4.12. The molecule has 0 radical (unpaired) electrons. The van der Waals surface area contributed by atoms with Crippen LogP contribution in [0.25, 0.3) is 0 Å². The van der Waals surface area contributed by atoms with E-state index in [0.717, 1.165) is 24.2 Å². The highest BCUT2D eigenvalue weighted by molar-refractivity contribution is 5.85. The molecule has 1 aliphatic rings. The zero-order chi connectivity index (χ0) is 6.81. The lowest BCUT2D eigenvalue weighted by molar-refractivity contribution is 0.890. The summed E-state index contributed by atoms with van der Waals surface area (Å²) in [5.41, 5.74) is 2.18. The van der Waals surface area contributed by atoms with Crippen molar-refractivity contribution in [3.8, 4) is 0 Å². The zero-order valence-electron chi connectivity index (χ0n) is 5.90. The number of hydrogen-bond donors (Lipinski definition) is 0. The summed E-state index contributed by atoms with van der Waals surface area (Å²) in [5.74, 6) is 0. The van der Waals surface area contributed by atoms with Crippen molar-refractivity contribution in [1.29, 1.82) is 0 Å². The van der Waals surface area contributed by atoms with Gasteiger partial charge < -0.3 is 0 Å². The second kappa shape index (κ2) is 3.44. The van der Waals surface area contributed by atoms with Crippen molar-refractivity contribution in [1.82, 2.24) is 9.97 Å². The van der Waals surface area contributed by atoms with Gasteiger partial charge in [-0.3, -0.25) is 4.99 Å². The molecule has 0 bridgehead atoms. The van der Waals surface area contributed by atoms with Gasteiger partial charge >= 0.3 is 0 Å². The highest BCUT2D eigenvalue weighted by Gasteiger charge is 2.03. The molecular weight excluding hydrogens is 162 g/mol. The molecular formula is C7H8ClN3. The van der Waals surface area contributed by atoms with Crippen LogP contribution in [0.1, 0.15) is 11.3 Å². The Labute approximate surface area is 71.0 Å². The molecule has 2 heterocycles. The summed E-state index contributed by atoms with van der Waals surface area (Å²) in [7, 11) is 0. The summed E-state index contributed by atoms with van der Waals surface area (Å²) >= 11 is 0. The van der Waals surface area contributed by atoms with Crippen molar-refractivity contribution in [2.45, 2.75) is 6.42 Å². The molecule has 0 unspecified atom stereocenters. The van der Waals surface area contributed by atoms with Crippen LogP contribution < -0.4 is 0 Å². The fraction of sp³-hybridized carbons (Fsp3) is 0.286. The molecule has 4 heteroatoms. The predicted octanol–water partition coefficient (Wildman–Crippen LogP) is 0.873. The summed E-state index contributed by atoms with van der Waals surface area (Å²) in [6, 6.07) is 0. The van der Waals surface area contributed by atoms with E-state index in [1.165, 1.54) is 0 Å². The fourth-order valence-electron chi connectivity index (χ4n) is 1.02. The standard InChI is InChI=1S/C7H7N3.ClH/c1-2-8-3-6-4-9-5-10-7(1)6;/h3-5H,1-2H2;1H. The van der Waals surface area contributed by atoms with Crippen molar-refractivity contribution in [3.63, 3.8) is 0 Å². The van der Waals surface area contributed by atoms with Crippen molar-refractivity contribution < 1.29 is 0 Å². The number of halogens is 1. The van der Waals surface area contributed by atoms with E-state index < -0.39 is 0 Å². The minimum atomic E-state index is 0. The molecule has 58 valence electrons. The Morgan fingerprint density at radius 1 is 1.36 bits per heavy atom. The summed E-state index contributed by atoms with van der Waals surface area (Å²) in [6.07, 6.45) is 6.16. The van der Waals surface area contributed by atoms with Gasteiger partial charge in [0.15, 0.2) is 0 Å². The first-order valence-electron chi connectivity index (χ1n) is 3.25. The maximum Gasteiger partial charge on any atom is 0.115 e. The highest BCUT2D eigenvalue weighted by Crippen LogP contribution is 2.05. The molecule has 2 rings (SSSR count). The van der Waals surface area contributed by atoms with Crippen LogP contribution in [0.2, 0.25) is 0 Å². The summed E-state index contributed by atoms with van der Waals surface area (Å²) in [5, 5.41) is 0. The molecule has 0 amide bonds. The number of aliphatic imine (C=N–C) groups is 1. The van der Waals surface area contributed by atoms with Crippen LogP contribution in [0, 0.1) is 0 Å². The maximum atomic E-state index is 4.12. The van der Waals surface area contributed by atoms with Crippen molar-refractivity contribution in [2.75, 3.05) is 6.54 Å². The first-order chi connectivity index (χ1) is 4.97. The number of hydrogen-bond acceptors (Lipinski definition) is 3. The number of aromatic nitrogens is 2. The Morgan fingerprint density at radius 3 is 3.09 bits per heavy atom. The van der Waals surface area contributed by atoms with E-state index in [2.05, 4.69) is 15.0 Å². The quantitative estimate of drug-likeness (QED) is 0.578. The molecule has 11 heavy (non-hydrogen) atoms. The molecule has 3 nitrogen and oxygen atoms in total. The zero-order valence-corrected chi connectivity index (χ0v) is 6.71. The molecule has 1 aromatic heterocycles. The van der Waals surface area contributed by atoms with E-state index in [9.17, 15) is 0 Å². The average Bonchev–Trinajstić information content (AvgIpc) is 2.05. The van der Waals surface area contributed by atoms with Gasteiger partial charge in [-0.15, -0.1) is 12.4 Å². The topological polar surface area (TPSA) is 38.1 Å². The molecule has 0 saturated heterocycles.